The Morgan fingerprint density at radius 2 is 2.30 bits per heavy atom. The summed E-state index contributed by atoms with van der Waals surface area (Å²) in [5.41, 5.74) is 1.65. The molecule has 5 rings (SSSR count). The van der Waals surface area contributed by atoms with E-state index in [2.05, 4.69) is 21.3 Å². The van der Waals surface area contributed by atoms with Crippen LogP contribution in [0.15, 0.2) is 28.8 Å². The number of hydrogen-bond donors (Lipinski definition) is 1. The molecule has 0 unspecified atom stereocenters. The number of nitrogens with zero attached hydrogens (tertiary/aromatic N) is 2. The highest BCUT2D eigenvalue weighted by molar-refractivity contribution is 5.95. The van der Waals surface area contributed by atoms with Gasteiger partial charge >= 0.3 is 0 Å². The zero-order chi connectivity index (χ0) is 20.9. The van der Waals surface area contributed by atoms with E-state index < -0.39 is 0 Å². The van der Waals surface area contributed by atoms with E-state index >= 15 is 0 Å². The average molecular weight is 412 g/mol. The second-order valence-electron chi connectivity index (χ2n) is 8.91. The van der Waals surface area contributed by atoms with Gasteiger partial charge in [0.1, 0.15) is 11.5 Å². The fourth-order valence-electron chi connectivity index (χ4n) is 5.81. The van der Waals surface area contributed by atoms with Gasteiger partial charge in [-0.1, -0.05) is 6.07 Å². The van der Waals surface area contributed by atoms with Crippen molar-refractivity contribution >= 4 is 5.91 Å². The van der Waals surface area contributed by atoms with Gasteiger partial charge in [-0.25, -0.2) is 4.98 Å². The van der Waals surface area contributed by atoms with Crippen molar-refractivity contribution in [2.45, 2.75) is 44.9 Å². The van der Waals surface area contributed by atoms with Gasteiger partial charge in [-0.05, 0) is 38.8 Å². The van der Waals surface area contributed by atoms with E-state index in [1.165, 1.54) is 0 Å². The Bertz CT molecular complexity index is 958. The summed E-state index contributed by atoms with van der Waals surface area (Å²) in [5, 5.41) is 3.14. The minimum Gasteiger partial charge on any atom is -0.481 e. The number of rotatable bonds is 6. The van der Waals surface area contributed by atoms with Gasteiger partial charge in [0.15, 0.2) is 0 Å². The third-order valence-corrected chi connectivity index (χ3v) is 7.08. The molecule has 3 aliphatic heterocycles. The van der Waals surface area contributed by atoms with Gasteiger partial charge in [0.05, 0.1) is 24.4 Å². The fourth-order valence-corrected chi connectivity index (χ4v) is 5.81. The van der Waals surface area contributed by atoms with E-state index in [1.54, 1.807) is 13.3 Å². The fraction of sp³-hybridized carbons (Fsp3) is 0.565. The van der Waals surface area contributed by atoms with Crippen molar-refractivity contribution in [1.82, 2.24) is 15.2 Å². The van der Waals surface area contributed by atoms with E-state index in [1.807, 2.05) is 26.0 Å². The van der Waals surface area contributed by atoms with Gasteiger partial charge in [-0.2, -0.15) is 0 Å². The molecule has 7 nitrogen and oxygen atoms in total. The molecule has 160 valence electrons. The van der Waals surface area contributed by atoms with Crippen molar-refractivity contribution in [2.24, 2.45) is 11.8 Å². The number of aryl methyl sites for hydroxylation is 2. The topological polar surface area (TPSA) is 76.8 Å². The molecule has 1 spiro atoms. The number of fused-ring (bicyclic) bond motifs is 1. The van der Waals surface area contributed by atoms with Crippen LogP contribution in [0.3, 0.4) is 0 Å². The van der Waals surface area contributed by atoms with Gasteiger partial charge in [-0.3, -0.25) is 9.69 Å². The number of furan rings is 1. The first-order valence-corrected chi connectivity index (χ1v) is 10.7. The largest absolute Gasteiger partial charge is 0.481 e. The lowest BCUT2D eigenvalue weighted by atomic mass is 9.73. The molecule has 7 heteroatoms. The van der Waals surface area contributed by atoms with Crippen molar-refractivity contribution < 1.29 is 18.7 Å². The zero-order valence-corrected chi connectivity index (χ0v) is 17.8. The summed E-state index contributed by atoms with van der Waals surface area (Å²) in [6.07, 6.45) is 4.18. The van der Waals surface area contributed by atoms with Crippen molar-refractivity contribution in [2.75, 3.05) is 26.7 Å². The van der Waals surface area contributed by atoms with E-state index in [4.69, 9.17) is 13.9 Å². The highest BCUT2D eigenvalue weighted by Gasteiger charge is 2.62. The lowest BCUT2D eigenvalue weighted by molar-refractivity contribution is 0.00206. The van der Waals surface area contributed by atoms with Crippen LogP contribution < -0.4 is 10.1 Å². The number of amides is 1. The summed E-state index contributed by atoms with van der Waals surface area (Å²) in [4.78, 5) is 19.4. The standard InChI is InChI=1S/C23H29N3O4/c1-14-9-17(15(2)29-14)21(27)25-10-18-19-12-26(13-23(19)7-6-20(18)30-23)11-16-5-4-8-24-22(16)28-3/h4-5,8-9,18-20H,6-7,10-13H2,1-3H3,(H,25,27)/t18-,19+,20+,23+/m0/s1. The molecule has 2 aromatic rings. The Hall–Kier alpha value is -2.38. The highest BCUT2D eigenvalue weighted by Crippen LogP contribution is 2.54. The van der Waals surface area contributed by atoms with Crippen molar-refractivity contribution in [3.05, 3.63) is 47.0 Å². The highest BCUT2D eigenvalue weighted by atomic mass is 16.5. The van der Waals surface area contributed by atoms with Crippen LogP contribution in [-0.2, 0) is 11.3 Å². The van der Waals surface area contributed by atoms with Crippen LogP contribution >= 0.6 is 0 Å². The first-order chi connectivity index (χ1) is 14.5. The van der Waals surface area contributed by atoms with Gasteiger partial charge in [0, 0.05) is 49.8 Å². The summed E-state index contributed by atoms with van der Waals surface area (Å²) in [5.74, 6) is 2.84. The predicted octanol–water partition coefficient (Wildman–Crippen LogP) is 2.71. The van der Waals surface area contributed by atoms with Crippen molar-refractivity contribution in [3.8, 4) is 5.88 Å². The van der Waals surface area contributed by atoms with Crippen LogP contribution in [0.1, 0.15) is 40.3 Å². The SMILES string of the molecule is COc1ncccc1CN1C[C@@H]2[C@H](CNC(=O)c3cc(C)oc3C)[C@H]3CC[C@]2(C1)O3. The Morgan fingerprint density at radius 3 is 3.07 bits per heavy atom. The predicted molar refractivity (Wildman–Crippen MR) is 110 cm³/mol. The van der Waals surface area contributed by atoms with Gasteiger partial charge in [0.2, 0.25) is 5.88 Å². The molecular formula is C23H29N3O4. The molecule has 2 aromatic heterocycles. The van der Waals surface area contributed by atoms with E-state index in [0.29, 0.717) is 35.6 Å². The number of aromatic nitrogens is 1. The van der Waals surface area contributed by atoms with Gasteiger partial charge in [0.25, 0.3) is 5.91 Å². The number of nitrogens with one attached hydrogen (secondary N) is 1. The lowest BCUT2D eigenvalue weighted by Crippen LogP contribution is -2.41. The number of methoxy groups -OCH3 is 1. The molecule has 5 heterocycles. The van der Waals surface area contributed by atoms with E-state index in [9.17, 15) is 4.79 Å². The summed E-state index contributed by atoms with van der Waals surface area (Å²) in [6.45, 7) is 7.04. The third-order valence-electron chi connectivity index (χ3n) is 7.08. The number of pyridine rings is 1. The Labute approximate surface area is 176 Å². The Balaban J connectivity index is 1.26. The second-order valence-corrected chi connectivity index (χ2v) is 8.91. The average Bonchev–Trinajstić information content (AvgIpc) is 3.45. The van der Waals surface area contributed by atoms with Crippen LogP contribution in [-0.4, -0.2) is 54.2 Å². The molecule has 0 aliphatic carbocycles. The monoisotopic (exact) mass is 411 g/mol. The molecule has 3 aliphatic rings. The summed E-state index contributed by atoms with van der Waals surface area (Å²) < 4.78 is 17.5. The molecular weight excluding hydrogens is 382 g/mol. The molecule has 1 amide bonds. The summed E-state index contributed by atoms with van der Waals surface area (Å²) >= 11 is 0. The van der Waals surface area contributed by atoms with Crippen LogP contribution in [0, 0.1) is 25.7 Å². The summed E-state index contributed by atoms with van der Waals surface area (Å²) in [6, 6.07) is 5.83. The Kier molecular flexibility index (Phi) is 4.82. The van der Waals surface area contributed by atoms with E-state index in [0.717, 1.165) is 43.8 Å². The zero-order valence-electron chi connectivity index (χ0n) is 17.8. The van der Waals surface area contributed by atoms with E-state index in [-0.39, 0.29) is 17.6 Å². The number of carbonyl (C=O) groups excluding carboxylic acids is 1. The normalized spacial score (nSPS) is 29.9. The molecule has 0 saturated carbocycles. The molecule has 30 heavy (non-hydrogen) atoms. The number of ether oxygens (including phenoxy) is 2. The first-order valence-electron chi connectivity index (χ1n) is 10.7. The van der Waals surface area contributed by atoms with Crippen LogP contribution in [0.4, 0.5) is 0 Å². The molecule has 4 atom stereocenters. The molecule has 0 radical (unpaired) electrons. The van der Waals surface area contributed by atoms with Gasteiger partial charge in [-0.15, -0.1) is 0 Å². The minimum atomic E-state index is -0.0718. The number of carbonyl (C=O) groups is 1. The molecule has 3 saturated heterocycles. The lowest BCUT2D eigenvalue weighted by Gasteiger charge is -2.29. The molecule has 0 aromatic carbocycles. The maximum Gasteiger partial charge on any atom is 0.254 e. The number of likely N-dealkylation sites (tertiary alicyclic amines) is 1. The third kappa shape index (κ3) is 3.20. The number of hydrogen-bond acceptors (Lipinski definition) is 6. The maximum absolute atomic E-state index is 12.7. The summed E-state index contributed by atoms with van der Waals surface area (Å²) in [7, 11) is 1.66. The minimum absolute atomic E-state index is 0.0591. The van der Waals surface area contributed by atoms with Crippen LogP contribution in [0.5, 0.6) is 5.88 Å². The van der Waals surface area contributed by atoms with Crippen molar-refractivity contribution in [1.29, 1.82) is 0 Å². The molecule has 3 fully saturated rings. The maximum atomic E-state index is 12.7. The quantitative estimate of drug-likeness (QED) is 0.788. The van der Waals surface area contributed by atoms with Gasteiger partial charge < -0.3 is 19.2 Å². The first kappa shape index (κ1) is 19.6. The molecule has 2 bridgehead atoms. The smallest absolute Gasteiger partial charge is 0.254 e. The van der Waals surface area contributed by atoms with Crippen LogP contribution in [0.25, 0.3) is 0 Å². The Morgan fingerprint density at radius 1 is 1.43 bits per heavy atom. The second kappa shape index (κ2) is 7.39. The molecule has 1 N–H and O–H groups in total. The van der Waals surface area contributed by atoms with Crippen molar-refractivity contribution in [3.63, 3.8) is 0 Å². The van der Waals surface area contributed by atoms with Crippen LogP contribution in [0.2, 0.25) is 0 Å².